The van der Waals surface area contributed by atoms with Crippen LogP contribution in [0.4, 0.5) is 16.3 Å². The van der Waals surface area contributed by atoms with Gasteiger partial charge in [-0.1, -0.05) is 0 Å². The van der Waals surface area contributed by atoms with Gasteiger partial charge in [-0.3, -0.25) is 0 Å². The Morgan fingerprint density at radius 3 is 2.49 bits per heavy atom. The van der Waals surface area contributed by atoms with Crippen LogP contribution >= 0.6 is 0 Å². The maximum atomic E-state index is 12.7. The monoisotopic (exact) mass is 530 g/mol. The zero-order chi connectivity index (χ0) is 26.6. The molecule has 0 radical (unpaired) electrons. The standard InChI is InChI=1S/C26H38N6O4S/c1-18(2)37(34,35)17-23-15-24(32-13-14-36-16-19(32)3)30-25(27-23)20-5-7-21(8-6-20)28-26(33)29-22-9-11-31(4)12-10-22/h5-8,15,18-19,22H,9-14,16-17H2,1-4H3,(H2,28,29,33)/t19-/m0/s1. The summed E-state index contributed by atoms with van der Waals surface area (Å²) in [6, 6.07) is 9.14. The van der Waals surface area contributed by atoms with E-state index in [-0.39, 0.29) is 23.9 Å². The first-order valence-electron chi connectivity index (χ1n) is 12.9. The summed E-state index contributed by atoms with van der Waals surface area (Å²) in [5.74, 6) is 0.991. The first-order valence-corrected chi connectivity index (χ1v) is 14.6. The highest BCUT2D eigenvalue weighted by Crippen LogP contribution is 2.25. The number of sulfone groups is 1. The van der Waals surface area contributed by atoms with Crippen LogP contribution in [0.3, 0.4) is 0 Å². The van der Waals surface area contributed by atoms with E-state index in [4.69, 9.17) is 9.72 Å². The fourth-order valence-corrected chi connectivity index (χ4v) is 5.38. The van der Waals surface area contributed by atoms with E-state index in [0.717, 1.165) is 31.5 Å². The lowest BCUT2D eigenvalue weighted by Gasteiger charge is -2.34. The normalized spacial score (nSPS) is 19.7. The number of nitrogens with one attached hydrogen (secondary N) is 2. The van der Waals surface area contributed by atoms with E-state index < -0.39 is 15.1 Å². The van der Waals surface area contributed by atoms with Gasteiger partial charge < -0.3 is 25.2 Å². The minimum absolute atomic E-state index is 0.112. The van der Waals surface area contributed by atoms with Crippen molar-refractivity contribution in [1.29, 1.82) is 0 Å². The average Bonchev–Trinajstić information content (AvgIpc) is 2.85. The molecule has 3 heterocycles. The number of ether oxygens (including phenoxy) is 1. The van der Waals surface area contributed by atoms with Gasteiger partial charge in [-0.15, -0.1) is 0 Å². The van der Waals surface area contributed by atoms with Gasteiger partial charge in [0.1, 0.15) is 5.82 Å². The summed E-state index contributed by atoms with van der Waals surface area (Å²) < 4.78 is 30.9. The van der Waals surface area contributed by atoms with Crippen LogP contribution in [0.1, 0.15) is 39.3 Å². The quantitative estimate of drug-likeness (QED) is 0.561. The summed E-state index contributed by atoms with van der Waals surface area (Å²) in [6.07, 6.45) is 1.88. The second kappa shape index (κ2) is 11.7. The van der Waals surface area contributed by atoms with E-state index >= 15 is 0 Å². The molecular formula is C26H38N6O4S. The van der Waals surface area contributed by atoms with Gasteiger partial charge in [-0.05, 0) is 78.0 Å². The number of morpholine rings is 1. The molecule has 37 heavy (non-hydrogen) atoms. The lowest BCUT2D eigenvalue weighted by molar-refractivity contribution is 0.0985. The summed E-state index contributed by atoms with van der Waals surface area (Å²) in [6.45, 7) is 9.20. The number of hydrogen-bond acceptors (Lipinski definition) is 8. The highest BCUT2D eigenvalue weighted by molar-refractivity contribution is 7.91. The molecule has 0 unspecified atom stereocenters. The van der Waals surface area contributed by atoms with Gasteiger partial charge in [0, 0.05) is 29.9 Å². The first-order chi connectivity index (χ1) is 17.6. The van der Waals surface area contributed by atoms with Crippen molar-refractivity contribution in [2.45, 2.75) is 56.7 Å². The highest BCUT2D eigenvalue weighted by Gasteiger charge is 2.24. The number of carbonyl (C=O) groups excluding carboxylic acids is 1. The zero-order valence-corrected chi connectivity index (χ0v) is 22.9. The lowest BCUT2D eigenvalue weighted by atomic mass is 10.1. The predicted molar refractivity (Wildman–Crippen MR) is 146 cm³/mol. The predicted octanol–water partition coefficient (Wildman–Crippen LogP) is 2.91. The number of likely N-dealkylation sites (tertiary alicyclic amines) is 1. The molecule has 2 aliphatic heterocycles. The van der Waals surface area contributed by atoms with Gasteiger partial charge in [-0.2, -0.15) is 0 Å². The Kier molecular flexibility index (Phi) is 8.66. The average molecular weight is 531 g/mol. The minimum atomic E-state index is -3.34. The molecule has 2 fully saturated rings. The number of nitrogens with zero attached hydrogens (tertiary/aromatic N) is 4. The third-order valence-electron chi connectivity index (χ3n) is 6.95. The van der Waals surface area contributed by atoms with Crippen LogP contribution in [0.5, 0.6) is 0 Å². The highest BCUT2D eigenvalue weighted by atomic mass is 32.2. The van der Waals surface area contributed by atoms with Crippen molar-refractivity contribution in [3.8, 4) is 11.4 Å². The number of carbonyl (C=O) groups is 1. The smallest absolute Gasteiger partial charge is 0.319 e. The van der Waals surface area contributed by atoms with Crippen molar-refractivity contribution in [1.82, 2.24) is 20.2 Å². The Morgan fingerprint density at radius 1 is 1.14 bits per heavy atom. The van der Waals surface area contributed by atoms with Crippen LogP contribution < -0.4 is 15.5 Å². The van der Waals surface area contributed by atoms with Crippen molar-refractivity contribution in [3.63, 3.8) is 0 Å². The molecule has 2 amide bonds. The molecule has 1 aromatic carbocycles. The topological polar surface area (TPSA) is 117 Å². The Balaban J connectivity index is 1.53. The first kappa shape index (κ1) is 27.3. The molecule has 2 aliphatic rings. The number of rotatable bonds is 7. The molecule has 4 rings (SSSR count). The molecule has 0 spiro atoms. The van der Waals surface area contributed by atoms with Gasteiger partial charge in [0.25, 0.3) is 0 Å². The van der Waals surface area contributed by atoms with Gasteiger partial charge in [0.05, 0.1) is 36.0 Å². The Labute approximate surface area is 219 Å². The SMILES string of the molecule is CC(C)S(=O)(=O)Cc1cc(N2CCOC[C@@H]2C)nc(-c2ccc(NC(=O)NC3CCN(C)CC3)cc2)n1. The van der Waals surface area contributed by atoms with Crippen LogP contribution in [0, 0.1) is 0 Å². The number of aromatic nitrogens is 2. The molecule has 1 atom stereocenters. The third-order valence-corrected chi connectivity index (χ3v) is 9.08. The molecule has 10 nitrogen and oxygen atoms in total. The van der Waals surface area contributed by atoms with Crippen molar-refractivity contribution in [2.24, 2.45) is 0 Å². The van der Waals surface area contributed by atoms with Crippen LogP contribution in [0.25, 0.3) is 11.4 Å². The number of urea groups is 1. The second-order valence-electron chi connectivity index (χ2n) is 10.3. The number of piperidine rings is 1. The van der Waals surface area contributed by atoms with Crippen LogP contribution in [0.15, 0.2) is 30.3 Å². The Morgan fingerprint density at radius 2 is 1.84 bits per heavy atom. The maximum absolute atomic E-state index is 12.7. The van der Waals surface area contributed by atoms with E-state index in [1.807, 2.05) is 24.3 Å². The number of benzene rings is 1. The van der Waals surface area contributed by atoms with E-state index in [2.05, 4.69) is 39.4 Å². The van der Waals surface area contributed by atoms with Gasteiger partial charge in [0.2, 0.25) is 0 Å². The van der Waals surface area contributed by atoms with E-state index in [9.17, 15) is 13.2 Å². The van der Waals surface area contributed by atoms with Crippen molar-refractivity contribution < 1.29 is 17.9 Å². The minimum Gasteiger partial charge on any atom is -0.377 e. The van der Waals surface area contributed by atoms with Crippen molar-refractivity contribution in [3.05, 3.63) is 36.0 Å². The van der Waals surface area contributed by atoms with E-state index in [1.54, 1.807) is 19.9 Å². The summed E-state index contributed by atoms with van der Waals surface area (Å²) in [5.41, 5.74) is 1.87. The number of amides is 2. The molecule has 1 aromatic heterocycles. The number of anilines is 2. The molecule has 0 bridgehead atoms. The van der Waals surface area contributed by atoms with Crippen molar-refractivity contribution >= 4 is 27.4 Å². The second-order valence-corrected chi connectivity index (χ2v) is 12.8. The molecule has 2 aromatic rings. The van der Waals surface area contributed by atoms with Crippen LogP contribution in [0.2, 0.25) is 0 Å². The van der Waals surface area contributed by atoms with Gasteiger partial charge in [0.15, 0.2) is 15.7 Å². The zero-order valence-electron chi connectivity index (χ0n) is 22.1. The fraction of sp³-hybridized carbons (Fsp3) is 0.577. The molecule has 11 heteroatoms. The molecule has 202 valence electrons. The summed E-state index contributed by atoms with van der Waals surface area (Å²) >= 11 is 0. The molecular weight excluding hydrogens is 492 g/mol. The maximum Gasteiger partial charge on any atom is 0.319 e. The summed E-state index contributed by atoms with van der Waals surface area (Å²) in [7, 11) is -1.25. The summed E-state index contributed by atoms with van der Waals surface area (Å²) in [4.78, 5) is 26.3. The van der Waals surface area contributed by atoms with Gasteiger partial charge in [-0.25, -0.2) is 23.2 Å². The third kappa shape index (κ3) is 7.18. The number of hydrogen-bond donors (Lipinski definition) is 2. The van der Waals surface area contributed by atoms with Gasteiger partial charge >= 0.3 is 6.03 Å². The largest absolute Gasteiger partial charge is 0.377 e. The Hall–Kier alpha value is -2.76. The molecule has 0 saturated carbocycles. The fourth-order valence-electron chi connectivity index (χ4n) is 4.48. The Bertz CT molecular complexity index is 1180. The van der Waals surface area contributed by atoms with E-state index in [1.165, 1.54) is 0 Å². The van der Waals surface area contributed by atoms with Crippen LogP contribution in [-0.2, 0) is 20.3 Å². The van der Waals surface area contributed by atoms with E-state index in [0.29, 0.717) is 42.8 Å². The lowest BCUT2D eigenvalue weighted by Crippen LogP contribution is -2.44. The van der Waals surface area contributed by atoms with Crippen molar-refractivity contribution in [2.75, 3.05) is 50.1 Å². The molecule has 2 N–H and O–H groups in total. The summed E-state index contributed by atoms with van der Waals surface area (Å²) in [5, 5.41) is 5.45. The van der Waals surface area contributed by atoms with Crippen LogP contribution in [-0.4, -0.2) is 86.5 Å². The molecule has 2 saturated heterocycles. The molecule has 0 aliphatic carbocycles.